The predicted molar refractivity (Wildman–Crippen MR) is 66.8 cm³/mol. The highest BCUT2D eigenvalue weighted by molar-refractivity contribution is 7.14. The summed E-state index contributed by atoms with van der Waals surface area (Å²) in [7, 11) is 1.15. The van der Waals surface area contributed by atoms with Gasteiger partial charge in [0.25, 0.3) is 5.91 Å². The van der Waals surface area contributed by atoms with Gasteiger partial charge in [0.15, 0.2) is 11.2 Å². The van der Waals surface area contributed by atoms with Gasteiger partial charge in [0.05, 0.1) is 13.7 Å². The Morgan fingerprint density at radius 3 is 2.74 bits per heavy atom. The maximum atomic E-state index is 11.7. The van der Waals surface area contributed by atoms with Crippen LogP contribution in [-0.2, 0) is 14.3 Å². The third-order valence-corrected chi connectivity index (χ3v) is 2.75. The van der Waals surface area contributed by atoms with E-state index in [1.807, 2.05) is 0 Å². The molecule has 1 atom stereocenters. The van der Waals surface area contributed by atoms with E-state index in [-0.39, 0.29) is 16.7 Å². The molecule has 1 rings (SSSR count). The number of thiazole rings is 1. The fraction of sp³-hybridized carbons (Fsp3) is 0.400. The van der Waals surface area contributed by atoms with Crippen LogP contribution in [0, 0.1) is 0 Å². The molecule has 104 valence electrons. The van der Waals surface area contributed by atoms with Gasteiger partial charge in [-0.25, -0.2) is 9.78 Å². The van der Waals surface area contributed by atoms with Crippen molar-refractivity contribution in [2.75, 3.05) is 19.0 Å². The van der Waals surface area contributed by atoms with E-state index in [9.17, 15) is 14.4 Å². The molecular formula is C10H13N3O5S. The molecule has 3 N–H and O–H groups in total. The lowest BCUT2D eigenvalue weighted by atomic mass is 10.3. The molecule has 8 nitrogen and oxygen atoms in total. The zero-order valence-corrected chi connectivity index (χ0v) is 11.1. The fourth-order valence-electron chi connectivity index (χ4n) is 1.14. The number of aliphatic hydroxyl groups is 1. The molecule has 1 aromatic rings. The van der Waals surface area contributed by atoms with Crippen molar-refractivity contribution in [2.45, 2.75) is 13.0 Å². The van der Waals surface area contributed by atoms with Crippen LogP contribution in [0.1, 0.15) is 17.4 Å². The molecule has 0 radical (unpaired) electrons. The standard InChI is InChI=1S/C10H13N3O5S/c1-5(15)11-10-13-7(4-19-10)8(16)12-6(3-14)9(17)18-2/h4,6,14H,3H2,1-2H3,(H,12,16)(H,11,13,15). The van der Waals surface area contributed by atoms with Crippen molar-refractivity contribution < 1.29 is 24.2 Å². The molecule has 0 bridgehead atoms. The van der Waals surface area contributed by atoms with Crippen molar-refractivity contribution in [3.63, 3.8) is 0 Å². The summed E-state index contributed by atoms with van der Waals surface area (Å²) < 4.78 is 4.41. The molecule has 9 heteroatoms. The van der Waals surface area contributed by atoms with Crippen LogP contribution in [0.15, 0.2) is 5.38 Å². The van der Waals surface area contributed by atoms with Gasteiger partial charge in [0.1, 0.15) is 5.69 Å². The minimum absolute atomic E-state index is 0.0381. The molecule has 0 aromatic carbocycles. The fourth-order valence-corrected chi connectivity index (χ4v) is 1.88. The number of hydrogen-bond donors (Lipinski definition) is 3. The number of ether oxygens (including phenoxy) is 1. The predicted octanol–water partition coefficient (Wildman–Crippen LogP) is -0.635. The maximum absolute atomic E-state index is 11.7. The van der Waals surface area contributed by atoms with Crippen LogP contribution in [0.4, 0.5) is 5.13 Å². The van der Waals surface area contributed by atoms with Crippen molar-refractivity contribution >= 4 is 34.3 Å². The maximum Gasteiger partial charge on any atom is 0.330 e. The largest absolute Gasteiger partial charge is 0.467 e. The van der Waals surface area contributed by atoms with Crippen molar-refractivity contribution in [3.8, 4) is 0 Å². The van der Waals surface area contributed by atoms with Crippen molar-refractivity contribution in [2.24, 2.45) is 0 Å². The van der Waals surface area contributed by atoms with E-state index in [4.69, 9.17) is 5.11 Å². The average molecular weight is 287 g/mol. The number of methoxy groups -OCH3 is 1. The molecule has 1 heterocycles. The van der Waals surface area contributed by atoms with E-state index in [0.717, 1.165) is 18.4 Å². The van der Waals surface area contributed by atoms with E-state index >= 15 is 0 Å². The molecule has 0 aliphatic carbocycles. The average Bonchev–Trinajstić information content (AvgIpc) is 2.82. The van der Waals surface area contributed by atoms with Crippen LogP contribution < -0.4 is 10.6 Å². The molecule has 0 aliphatic rings. The first-order valence-electron chi connectivity index (χ1n) is 5.20. The lowest BCUT2D eigenvalue weighted by molar-refractivity contribution is -0.143. The summed E-state index contributed by atoms with van der Waals surface area (Å²) in [5.41, 5.74) is 0.0381. The molecular weight excluding hydrogens is 274 g/mol. The topological polar surface area (TPSA) is 118 Å². The number of aliphatic hydroxyl groups excluding tert-OH is 1. The molecule has 1 unspecified atom stereocenters. The zero-order chi connectivity index (χ0) is 14.4. The van der Waals surface area contributed by atoms with E-state index in [1.165, 1.54) is 12.3 Å². The number of rotatable bonds is 5. The van der Waals surface area contributed by atoms with E-state index in [2.05, 4.69) is 20.4 Å². The van der Waals surface area contributed by atoms with Crippen molar-refractivity contribution in [1.82, 2.24) is 10.3 Å². The minimum atomic E-state index is -1.15. The molecule has 0 saturated heterocycles. The number of nitrogens with zero attached hydrogens (tertiary/aromatic N) is 1. The van der Waals surface area contributed by atoms with Crippen LogP contribution in [0.5, 0.6) is 0 Å². The molecule has 0 fully saturated rings. The Labute approximate surface area is 112 Å². The molecule has 0 aliphatic heterocycles. The smallest absolute Gasteiger partial charge is 0.330 e. The molecule has 0 saturated carbocycles. The Morgan fingerprint density at radius 1 is 1.53 bits per heavy atom. The third-order valence-electron chi connectivity index (χ3n) is 1.99. The zero-order valence-electron chi connectivity index (χ0n) is 10.3. The van der Waals surface area contributed by atoms with Crippen molar-refractivity contribution in [1.29, 1.82) is 0 Å². The lowest BCUT2D eigenvalue weighted by Crippen LogP contribution is -2.44. The number of carbonyl (C=O) groups is 3. The first-order valence-corrected chi connectivity index (χ1v) is 6.08. The molecule has 2 amide bonds. The van der Waals surface area contributed by atoms with Gasteiger partial charge in [-0.1, -0.05) is 0 Å². The lowest BCUT2D eigenvalue weighted by Gasteiger charge is -2.12. The number of esters is 1. The van der Waals surface area contributed by atoms with Gasteiger partial charge in [-0.3, -0.25) is 9.59 Å². The van der Waals surface area contributed by atoms with Crippen LogP contribution in [0.3, 0.4) is 0 Å². The van der Waals surface area contributed by atoms with Gasteiger partial charge < -0.3 is 20.5 Å². The summed E-state index contributed by atoms with van der Waals surface area (Å²) in [5, 5.41) is 15.4. The summed E-state index contributed by atoms with van der Waals surface area (Å²) in [4.78, 5) is 37.6. The number of nitrogens with one attached hydrogen (secondary N) is 2. The van der Waals surface area contributed by atoms with Gasteiger partial charge in [-0.2, -0.15) is 0 Å². The van der Waals surface area contributed by atoms with Gasteiger partial charge in [0, 0.05) is 12.3 Å². The van der Waals surface area contributed by atoms with E-state index < -0.39 is 24.5 Å². The second kappa shape index (κ2) is 6.81. The molecule has 19 heavy (non-hydrogen) atoms. The number of aromatic nitrogens is 1. The Balaban J connectivity index is 2.69. The van der Waals surface area contributed by atoms with Crippen LogP contribution >= 0.6 is 11.3 Å². The highest BCUT2D eigenvalue weighted by Crippen LogP contribution is 2.15. The van der Waals surface area contributed by atoms with Gasteiger partial charge >= 0.3 is 5.97 Å². The normalized spacial score (nSPS) is 11.5. The quantitative estimate of drug-likeness (QED) is 0.620. The highest BCUT2D eigenvalue weighted by Gasteiger charge is 2.22. The second-order valence-electron chi connectivity index (χ2n) is 3.45. The number of hydrogen-bond acceptors (Lipinski definition) is 7. The van der Waals surface area contributed by atoms with E-state index in [1.54, 1.807) is 0 Å². The molecule has 0 spiro atoms. The number of carbonyl (C=O) groups excluding carboxylic acids is 3. The number of anilines is 1. The van der Waals surface area contributed by atoms with Crippen molar-refractivity contribution in [3.05, 3.63) is 11.1 Å². The highest BCUT2D eigenvalue weighted by atomic mass is 32.1. The summed E-state index contributed by atoms with van der Waals surface area (Å²) in [5.74, 6) is -1.70. The van der Waals surface area contributed by atoms with Gasteiger partial charge in [-0.15, -0.1) is 11.3 Å². The monoisotopic (exact) mass is 287 g/mol. The SMILES string of the molecule is COC(=O)C(CO)NC(=O)c1csc(NC(C)=O)n1. The van der Waals surface area contributed by atoms with Gasteiger partial charge in [0.2, 0.25) is 5.91 Å². The summed E-state index contributed by atoms with van der Waals surface area (Å²) in [6.07, 6.45) is 0. The summed E-state index contributed by atoms with van der Waals surface area (Å²) in [6.45, 7) is 0.737. The van der Waals surface area contributed by atoms with Crippen LogP contribution in [-0.4, -0.2) is 47.6 Å². The summed E-state index contributed by atoms with van der Waals surface area (Å²) in [6, 6.07) is -1.15. The van der Waals surface area contributed by atoms with Crippen LogP contribution in [0.2, 0.25) is 0 Å². The third kappa shape index (κ3) is 4.30. The Morgan fingerprint density at radius 2 is 2.21 bits per heavy atom. The first-order chi connectivity index (χ1) is 8.97. The second-order valence-corrected chi connectivity index (χ2v) is 4.31. The van der Waals surface area contributed by atoms with Gasteiger partial charge in [-0.05, 0) is 0 Å². The Kier molecular flexibility index (Phi) is 5.39. The summed E-state index contributed by atoms with van der Waals surface area (Å²) >= 11 is 1.07. The Hall–Kier alpha value is -2.00. The number of amides is 2. The Bertz CT molecular complexity index is 487. The first kappa shape index (κ1) is 15.1. The van der Waals surface area contributed by atoms with E-state index in [0.29, 0.717) is 0 Å². The molecule has 1 aromatic heterocycles. The minimum Gasteiger partial charge on any atom is -0.467 e. The van der Waals surface area contributed by atoms with Crippen LogP contribution in [0.25, 0.3) is 0 Å².